The van der Waals surface area contributed by atoms with Gasteiger partial charge in [0.15, 0.2) is 11.6 Å². The Bertz CT molecular complexity index is 1070. The van der Waals surface area contributed by atoms with E-state index in [1.54, 1.807) is 35.5 Å². The quantitative estimate of drug-likeness (QED) is 0.594. The van der Waals surface area contributed by atoms with E-state index in [1.807, 2.05) is 19.1 Å². The normalized spacial score (nSPS) is 14.7. The standard InChI is InChI=1S/C22H17ClF2N2O/c1-13(14-2-5-20(24)21(25)10-14)16-9-18(12-26-11-16)27-7-6-15-8-17(23)3-4-19(15)22(27)28/h2-5,8-13H,6-7H2,1H3. The predicted molar refractivity (Wildman–Crippen MR) is 105 cm³/mol. The smallest absolute Gasteiger partial charge is 0.258 e. The van der Waals surface area contributed by atoms with Gasteiger partial charge in [-0.25, -0.2) is 8.78 Å². The third kappa shape index (κ3) is 3.38. The number of halogens is 3. The van der Waals surface area contributed by atoms with Crippen molar-refractivity contribution < 1.29 is 13.6 Å². The van der Waals surface area contributed by atoms with Crippen LogP contribution in [0.2, 0.25) is 5.02 Å². The summed E-state index contributed by atoms with van der Waals surface area (Å²) in [6.07, 6.45) is 4.02. The van der Waals surface area contributed by atoms with Crippen LogP contribution in [0, 0.1) is 11.6 Å². The molecule has 3 aromatic rings. The average Bonchev–Trinajstić information content (AvgIpc) is 2.70. The van der Waals surface area contributed by atoms with E-state index in [2.05, 4.69) is 4.98 Å². The van der Waals surface area contributed by atoms with Crippen molar-refractivity contribution >= 4 is 23.2 Å². The fraction of sp³-hybridized carbons (Fsp3) is 0.182. The number of fused-ring (bicyclic) bond motifs is 1. The summed E-state index contributed by atoms with van der Waals surface area (Å²) in [6.45, 7) is 2.42. The lowest BCUT2D eigenvalue weighted by atomic mass is 9.93. The lowest BCUT2D eigenvalue weighted by molar-refractivity contribution is 0.0980. The number of carbonyl (C=O) groups excluding carboxylic acids is 1. The largest absolute Gasteiger partial charge is 0.306 e. The molecule has 142 valence electrons. The van der Waals surface area contributed by atoms with E-state index in [9.17, 15) is 13.6 Å². The van der Waals surface area contributed by atoms with Gasteiger partial charge >= 0.3 is 0 Å². The molecule has 0 bridgehead atoms. The van der Waals surface area contributed by atoms with Gasteiger partial charge in [0.25, 0.3) is 5.91 Å². The van der Waals surface area contributed by atoms with Crippen LogP contribution in [-0.2, 0) is 6.42 Å². The van der Waals surface area contributed by atoms with E-state index in [-0.39, 0.29) is 11.8 Å². The lowest BCUT2D eigenvalue weighted by Gasteiger charge is -2.29. The number of anilines is 1. The first-order chi connectivity index (χ1) is 13.4. The minimum atomic E-state index is -0.880. The second-order valence-corrected chi connectivity index (χ2v) is 7.32. The Morgan fingerprint density at radius 3 is 2.64 bits per heavy atom. The van der Waals surface area contributed by atoms with Crippen LogP contribution in [-0.4, -0.2) is 17.4 Å². The third-order valence-electron chi connectivity index (χ3n) is 5.15. The van der Waals surface area contributed by atoms with Crippen molar-refractivity contribution in [3.8, 4) is 0 Å². The molecule has 3 nitrogen and oxygen atoms in total. The van der Waals surface area contributed by atoms with Crippen LogP contribution in [0.4, 0.5) is 14.5 Å². The number of carbonyl (C=O) groups is 1. The Kier molecular flexibility index (Phi) is 4.85. The highest BCUT2D eigenvalue weighted by Crippen LogP contribution is 2.30. The van der Waals surface area contributed by atoms with Gasteiger partial charge in [0.05, 0.1) is 11.9 Å². The number of hydrogen-bond acceptors (Lipinski definition) is 2. The highest BCUT2D eigenvalue weighted by atomic mass is 35.5. The van der Waals surface area contributed by atoms with Gasteiger partial charge in [-0.2, -0.15) is 0 Å². The van der Waals surface area contributed by atoms with E-state index in [0.29, 0.717) is 34.8 Å². The van der Waals surface area contributed by atoms with Crippen LogP contribution in [0.15, 0.2) is 54.9 Å². The number of rotatable bonds is 3. The van der Waals surface area contributed by atoms with Crippen molar-refractivity contribution in [1.29, 1.82) is 0 Å². The van der Waals surface area contributed by atoms with E-state index < -0.39 is 11.6 Å². The van der Waals surface area contributed by atoms with E-state index in [0.717, 1.165) is 17.2 Å². The Hall–Kier alpha value is -2.79. The maximum absolute atomic E-state index is 13.6. The topological polar surface area (TPSA) is 33.2 Å². The molecule has 0 aliphatic carbocycles. The molecule has 1 aliphatic heterocycles. The van der Waals surface area contributed by atoms with Crippen LogP contribution < -0.4 is 4.90 Å². The lowest BCUT2D eigenvalue weighted by Crippen LogP contribution is -2.37. The molecule has 0 saturated heterocycles. The van der Waals surface area contributed by atoms with Crippen molar-refractivity contribution in [1.82, 2.24) is 4.98 Å². The number of nitrogens with zero attached hydrogens (tertiary/aromatic N) is 2. The first-order valence-electron chi connectivity index (χ1n) is 8.94. The Labute approximate surface area is 166 Å². The first-order valence-corrected chi connectivity index (χ1v) is 9.32. The molecule has 1 atom stereocenters. The van der Waals surface area contributed by atoms with Gasteiger partial charge in [0, 0.05) is 29.2 Å². The molecule has 28 heavy (non-hydrogen) atoms. The summed E-state index contributed by atoms with van der Waals surface area (Å²) in [6, 6.07) is 11.0. The van der Waals surface area contributed by atoms with Gasteiger partial charge in [0.1, 0.15) is 0 Å². The monoisotopic (exact) mass is 398 g/mol. The minimum Gasteiger partial charge on any atom is -0.306 e. The summed E-state index contributed by atoms with van der Waals surface area (Å²) in [4.78, 5) is 18.9. The Balaban J connectivity index is 1.64. The van der Waals surface area contributed by atoms with Gasteiger partial charge in [-0.15, -0.1) is 0 Å². The molecule has 2 heterocycles. The number of aromatic nitrogens is 1. The number of amides is 1. The zero-order valence-corrected chi connectivity index (χ0v) is 15.9. The van der Waals surface area contributed by atoms with E-state index >= 15 is 0 Å². The van der Waals surface area contributed by atoms with E-state index in [1.165, 1.54) is 6.07 Å². The maximum atomic E-state index is 13.6. The SMILES string of the molecule is CC(c1cncc(N2CCc3cc(Cl)ccc3C2=O)c1)c1ccc(F)c(F)c1. The summed E-state index contributed by atoms with van der Waals surface area (Å²) >= 11 is 6.03. The van der Waals surface area contributed by atoms with Crippen molar-refractivity contribution in [2.75, 3.05) is 11.4 Å². The Morgan fingerprint density at radius 2 is 1.86 bits per heavy atom. The summed E-state index contributed by atoms with van der Waals surface area (Å²) in [5, 5.41) is 0.615. The zero-order valence-electron chi connectivity index (χ0n) is 15.1. The highest BCUT2D eigenvalue weighted by Gasteiger charge is 2.26. The van der Waals surface area contributed by atoms with Crippen molar-refractivity contribution in [3.05, 3.63) is 93.8 Å². The van der Waals surface area contributed by atoms with Crippen LogP contribution in [0.5, 0.6) is 0 Å². The fourth-order valence-corrected chi connectivity index (χ4v) is 3.70. The second kappa shape index (κ2) is 7.32. The molecule has 0 radical (unpaired) electrons. The molecule has 6 heteroatoms. The zero-order chi connectivity index (χ0) is 19.8. The molecular formula is C22H17ClF2N2O. The molecule has 0 fully saturated rings. The summed E-state index contributed by atoms with van der Waals surface area (Å²) in [5.74, 6) is -2.05. The van der Waals surface area contributed by atoms with Crippen molar-refractivity contribution in [3.63, 3.8) is 0 Å². The van der Waals surface area contributed by atoms with Gasteiger partial charge < -0.3 is 4.90 Å². The summed E-state index contributed by atoms with van der Waals surface area (Å²) in [5.41, 5.74) is 3.71. The molecule has 0 spiro atoms. The molecule has 1 aliphatic rings. The van der Waals surface area contributed by atoms with Crippen LogP contribution in [0.1, 0.15) is 39.9 Å². The third-order valence-corrected chi connectivity index (χ3v) is 5.38. The molecule has 0 saturated carbocycles. The number of pyridine rings is 1. The van der Waals surface area contributed by atoms with Gasteiger partial charge in [0.2, 0.25) is 0 Å². The molecule has 2 aromatic carbocycles. The minimum absolute atomic E-state index is 0.0997. The second-order valence-electron chi connectivity index (χ2n) is 6.88. The molecule has 1 unspecified atom stereocenters. The molecule has 1 aromatic heterocycles. The van der Waals surface area contributed by atoms with E-state index in [4.69, 9.17) is 11.6 Å². The Morgan fingerprint density at radius 1 is 1.04 bits per heavy atom. The highest BCUT2D eigenvalue weighted by molar-refractivity contribution is 6.30. The summed E-state index contributed by atoms with van der Waals surface area (Å²) < 4.78 is 26.8. The van der Waals surface area contributed by atoms with Crippen LogP contribution in [0.25, 0.3) is 0 Å². The van der Waals surface area contributed by atoms with Crippen LogP contribution in [0.3, 0.4) is 0 Å². The average molecular weight is 399 g/mol. The predicted octanol–water partition coefficient (Wildman–Crippen LogP) is 5.37. The van der Waals surface area contributed by atoms with Crippen molar-refractivity contribution in [2.24, 2.45) is 0 Å². The van der Waals surface area contributed by atoms with Crippen molar-refractivity contribution in [2.45, 2.75) is 19.3 Å². The molecular weight excluding hydrogens is 382 g/mol. The first kappa shape index (κ1) is 18.6. The van der Waals surface area contributed by atoms with Gasteiger partial charge in [-0.1, -0.05) is 24.6 Å². The molecule has 0 N–H and O–H groups in total. The fourth-order valence-electron chi connectivity index (χ4n) is 3.51. The summed E-state index contributed by atoms with van der Waals surface area (Å²) in [7, 11) is 0. The number of benzene rings is 2. The van der Waals surface area contributed by atoms with Gasteiger partial charge in [-0.3, -0.25) is 9.78 Å². The maximum Gasteiger partial charge on any atom is 0.258 e. The van der Waals surface area contributed by atoms with Gasteiger partial charge in [-0.05, 0) is 59.5 Å². The number of hydrogen-bond donors (Lipinski definition) is 0. The molecule has 4 rings (SSSR count). The van der Waals surface area contributed by atoms with Crippen LogP contribution >= 0.6 is 11.6 Å². The molecule has 1 amide bonds.